The minimum Gasteiger partial charge on any atom is -0.444 e. The Morgan fingerprint density at radius 2 is 1.80 bits per heavy atom. The molecule has 9 nitrogen and oxygen atoms in total. The molecule has 2 aromatic carbocycles. The van der Waals surface area contributed by atoms with E-state index in [1.807, 2.05) is 0 Å². The standard InChI is InChI=1S/C27H28ClF2N5O4S/c1-27(2,3)39-26(36)32-21(13-15-11-16(29)14-17(30)12-15)23-18(7-6-10-31-23)19-8-9-20(28)22-24(19)35(4)33-25(22)34-40(5,37)38/h6-12,14,21H,13H2,1-5H3,(H,32,36)(H,33,34)/t21-/m0/s1. The number of hydrogen-bond donors (Lipinski definition) is 2. The van der Waals surface area contributed by atoms with Gasteiger partial charge in [0.05, 0.1) is 33.9 Å². The highest BCUT2D eigenvalue weighted by Gasteiger charge is 2.27. The van der Waals surface area contributed by atoms with Crippen molar-refractivity contribution >= 4 is 44.4 Å². The Kier molecular flexibility index (Phi) is 8.04. The van der Waals surface area contributed by atoms with Crippen molar-refractivity contribution < 1.29 is 26.7 Å². The molecule has 0 saturated heterocycles. The average Bonchev–Trinajstić information content (AvgIpc) is 3.12. The summed E-state index contributed by atoms with van der Waals surface area (Å²) in [6, 6.07) is 9.03. The number of alkyl carbamates (subject to hydrolysis) is 1. The molecule has 2 aromatic heterocycles. The molecule has 1 amide bonds. The Bertz CT molecular complexity index is 1680. The van der Waals surface area contributed by atoms with E-state index in [1.165, 1.54) is 23.0 Å². The number of carbonyl (C=O) groups is 1. The van der Waals surface area contributed by atoms with E-state index in [4.69, 9.17) is 16.3 Å². The summed E-state index contributed by atoms with van der Waals surface area (Å²) >= 11 is 6.49. The van der Waals surface area contributed by atoms with Crippen LogP contribution in [0.5, 0.6) is 0 Å². The van der Waals surface area contributed by atoms with Gasteiger partial charge >= 0.3 is 6.09 Å². The number of carbonyl (C=O) groups excluding carboxylic acids is 1. The molecule has 0 aliphatic carbocycles. The number of halogens is 3. The third kappa shape index (κ3) is 6.86. The van der Waals surface area contributed by atoms with Crippen LogP contribution in [-0.2, 0) is 28.2 Å². The van der Waals surface area contributed by atoms with Gasteiger partial charge in [0, 0.05) is 30.4 Å². The molecule has 0 fully saturated rings. The highest BCUT2D eigenvalue weighted by atomic mass is 35.5. The first-order chi connectivity index (χ1) is 18.6. The maximum Gasteiger partial charge on any atom is 0.408 e. The molecule has 4 aromatic rings. The molecule has 0 saturated carbocycles. The highest BCUT2D eigenvalue weighted by molar-refractivity contribution is 7.92. The molecule has 0 bridgehead atoms. The summed E-state index contributed by atoms with van der Waals surface area (Å²) in [5, 5.41) is 7.74. The van der Waals surface area contributed by atoms with E-state index in [0.717, 1.165) is 12.3 Å². The van der Waals surface area contributed by atoms with Crippen molar-refractivity contribution in [3.05, 3.63) is 76.6 Å². The highest BCUT2D eigenvalue weighted by Crippen LogP contribution is 2.39. The lowest BCUT2D eigenvalue weighted by atomic mass is 9.94. The number of benzene rings is 2. The Morgan fingerprint density at radius 1 is 1.12 bits per heavy atom. The third-order valence-corrected chi connectivity index (χ3v) is 6.61. The first kappa shape index (κ1) is 29.2. The van der Waals surface area contributed by atoms with Crippen LogP contribution in [0.2, 0.25) is 5.02 Å². The largest absolute Gasteiger partial charge is 0.444 e. The molecule has 4 rings (SSSR count). The molecule has 0 radical (unpaired) electrons. The molecule has 0 aliphatic rings. The van der Waals surface area contributed by atoms with Crippen molar-refractivity contribution in [1.82, 2.24) is 20.1 Å². The SMILES string of the molecule is Cn1nc(NS(C)(=O)=O)c2c(Cl)ccc(-c3cccnc3[C@H](Cc3cc(F)cc(F)c3)NC(=O)OC(C)(C)C)c21. The topological polar surface area (TPSA) is 115 Å². The first-order valence-corrected chi connectivity index (χ1v) is 14.4. The Morgan fingerprint density at radius 3 is 2.42 bits per heavy atom. The summed E-state index contributed by atoms with van der Waals surface area (Å²) < 4.78 is 61.4. The molecule has 0 spiro atoms. The lowest BCUT2D eigenvalue weighted by Gasteiger charge is -2.25. The Hall–Kier alpha value is -3.77. The van der Waals surface area contributed by atoms with E-state index in [1.54, 1.807) is 52.1 Å². The van der Waals surface area contributed by atoms with Crippen molar-refractivity contribution in [1.29, 1.82) is 0 Å². The number of hydrogen-bond acceptors (Lipinski definition) is 6. The fraction of sp³-hybridized carbons (Fsp3) is 0.296. The molecule has 0 unspecified atom stereocenters. The van der Waals surface area contributed by atoms with Gasteiger partial charge in [-0.1, -0.05) is 23.7 Å². The van der Waals surface area contributed by atoms with Crippen LogP contribution in [0.4, 0.5) is 19.4 Å². The fourth-order valence-electron chi connectivity index (χ4n) is 4.40. The summed E-state index contributed by atoms with van der Waals surface area (Å²) in [4.78, 5) is 17.4. The molecule has 40 heavy (non-hydrogen) atoms. The second kappa shape index (κ2) is 11.0. The molecule has 2 N–H and O–H groups in total. The predicted octanol–water partition coefficient (Wildman–Crippen LogP) is 5.75. The number of amides is 1. The summed E-state index contributed by atoms with van der Waals surface area (Å²) in [6.45, 7) is 5.14. The number of ether oxygens (including phenoxy) is 1. The van der Waals surface area contributed by atoms with Gasteiger partial charge in [0.25, 0.3) is 0 Å². The van der Waals surface area contributed by atoms with Crippen LogP contribution in [-0.4, -0.2) is 41.1 Å². The van der Waals surface area contributed by atoms with E-state index in [2.05, 4.69) is 20.1 Å². The van der Waals surface area contributed by atoms with Crippen molar-refractivity contribution in [2.24, 2.45) is 7.05 Å². The van der Waals surface area contributed by atoms with Gasteiger partial charge in [-0.15, -0.1) is 0 Å². The quantitative estimate of drug-likeness (QED) is 0.283. The number of anilines is 1. The first-order valence-electron chi connectivity index (χ1n) is 12.1. The van der Waals surface area contributed by atoms with Crippen molar-refractivity contribution in [3.8, 4) is 11.1 Å². The smallest absolute Gasteiger partial charge is 0.408 e. The minimum atomic E-state index is -3.66. The van der Waals surface area contributed by atoms with Crippen molar-refractivity contribution in [3.63, 3.8) is 0 Å². The van der Waals surface area contributed by atoms with Gasteiger partial charge in [0.1, 0.15) is 17.2 Å². The van der Waals surface area contributed by atoms with Crippen LogP contribution in [0.15, 0.2) is 48.7 Å². The predicted molar refractivity (Wildman–Crippen MR) is 150 cm³/mol. The van der Waals surface area contributed by atoms with Crippen LogP contribution >= 0.6 is 11.6 Å². The summed E-state index contributed by atoms with van der Waals surface area (Å²) in [5.41, 5.74) is 1.50. The zero-order valence-electron chi connectivity index (χ0n) is 22.4. The van der Waals surface area contributed by atoms with Crippen LogP contribution in [0.1, 0.15) is 38.1 Å². The van der Waals surface area contributed by atoms with Gasteiger partial charge in [0.15, 0.2) is 5.82 Å². The maximum atomic E-state index is 14.0. The Labute approximate surface area is 235 Å². The monoisotopic (exact) mass is 591 g/mol. The lowest BCUT2D eigenvalue weighted by Crippen LogP contribution is -2.36. The van der Waals surface area contributed by atoms with Gasteiger partial charge in [-0.25, -0.2) is 22.0 Å². The lowest BCUT2D eigenvalue weighted by molar-refractivity contribution is 0.0502. The molecule has 0 aliphatic heterocycles. The van der Waals surface area contributed by atoms with E-state index >= 15 is 0 Å². The summed E-state index contributed by atoms with van der Waals surface area (Å²) in [6.07, 6.45) is 1.78. The van der Waals surface area contributed by atoms with Gasteiger partial charge in [0.2, 0.25) is 10.0 Å². The second-order valence-corrected chi connectivity index (χ2v) is 12.4. The van der Waals surface area contributed by atoms with E-state index in [9.17, 15) is 22.0 Å². The second-order valence-electron chi connectivity index (χ2n) is 10.3. The Balaban J connectivity index is 1.89. The summed E-state index contributed by atoms with van der Waals surface area (Å²) in [7, 11) is -2.02. The van der Waals surface area contributed by atoms with Gasteiger partial charge in [-0.3, -0.25) is 14.4 Å². The minimum absolute atomic E-state index is 0.0130. The molecule has 1 atom stereocenters. The van der Waals surface area contributed by atoms with Crippen LogP contribution in [0, 0.1) is 11.6 Å². The molecule has 13 heteroatoms. The van der Waals surface area contributed by atoms with E-state index < -0.39 is 39.4 Å². The third-order valence-electron chi connectivity index (χ3n) is 5.73. The zero-order chi connectivity index (χ0) is 29.4. The van der Waals surface area contributed by atoms with Crippen molar-refractivity contribution in [2.45, 2.75) is 38.8 Å². The van der Waals surface area contributed by atoms with Gasteiger partial charge in [-0.05, 0) is 57.0 Å². The number of aryl methyl sites for hydroxylation is 1. The zero-order valence-corrected chi connectivity index (χ0v) is 24.0. The molecular weight excluding hydrogens is 564 g/mol. The van der Waals surface area contributed by atoms with E-state index in [-0.39, 0.29) is 22.8 Å². The number of fused-ring (bicyclic) bond motifs is 1. The number of rotatable bonds is 7. The number of aromatic nitrogens is 3. The number of sulfonamides is 1. The molecule has 2 heterocycles. The fourth-order valence-corrected chi connectivity index (χ4v) is 5.13. The van der Waals surface area contributed by atoms with E-state index in [0.29, 0.717) is 27.7 Å². The number of nitrogens with zero attached hydrogens (tertiary/aromatic N) is 3. The van der Waals surface area contributed by atoms with Gasteiger partial charge < -0.3 is 10.1 Å². The maximum absolute atomic E-state index is 14.0. The van der Waals surface area contributed by atoms with Gasteiger partial charge in [-0.2, -0.15) is 5.10 Å². The summed E-state index contributed by atoms with van der Waals surface area (Å²) in [5.74, 6) is -1.46. The number of pyridine rings is 1. The van der Waals surface area contributed by atoms with Crippen LogP contribution in [0.3, 0.4) is 0 Å². The average molecular weight is 592 g/mol. The molecular formula is C27H28ClF2N5O4S. The van der Waals surface area contributed by atoms with Crippen molar-refractivity contribution in [2.75, 3.05) is 11.0 Å². The molecule has 212 valence electrons. The normalized spacial score (nSPS) is 12.8. The van der Waals surface area contributed by atoms with Crippen LogP contribution in [0.25, 0.3) is 22.0 Å². The van der Waals surface area contributed by atoms with Crippen LogP contribution < -0.4 is 10.0 Å². The number of nitrogens with one attached hydrogen (secondary N) is 2.